The van der Waals surface area contributed by atoms with Crippen molar-refractivity contribution in [2.75, 3.05) is 20.3 Å². The van der Waals surface area contributed by atoms with Gasteiger partial charge in [-0.3, -0.25) is 10.1 Å². The number of hydrogen-bond acceptors (Lipinski definition) is 11. The smallest absolute Gasteiger partial charge is 0.336 e. The molecule has 204 valence electrons. The number of thiazole rings is 1. The minimum atomic E-state index is -0.868. The molecule has 0 fully saturated rings. The number of carbonyl (C=O) groups excluding carboxylic acids is 2. The number of esters is 2. The van der Waals surface area contributed by atoms with Crippen LogP contribution in [0.4, 0.5) is 5.69 Å². The normalized spacial score (nSPS) is 15.3. The maximum absolute atomic E-state index is 13.2. The molecule has 1 aliphatic heterocycles. The van der Waals surface area contributed by atoms with Crippen molar-refractivity contribution in [3.05, 3.63) is 73.6 Å². The van der Waals surface area contributed by atoms with Crippen molar-refractivity contribution in [3.8, 4) is 0 Å². The Balaban J connectivity index is 1.58. The monoisotopic (exact) mass is 561 g/mol. The molecule has 1 unspecified atom stereocenters. The lowest BCUT2D eigenvalue weighted by Crippen LogP contribution is -2.32. The van der Waals surface area contributed by atoms with Gasteiger partial charge in [0.2, 0.25) is 0 Å². The Kier molecular flexibility index (Phi) is 10.9. The van der Waals surface area contributed by atoms with E-state index < -0.39 is 22.8 Å². The number of ether oxygens (including phenoxy) is 2. The van der Waals surface area contributed by atoms with Crippen LogP contribution in [0.15, 0.2) is 56.5 Å². The van der Waals surface area contributed by atoms with E-state index in [1.54, 1.807) is 31.3 Å². The summed E-state index contributed by atoms with van der Waals surface area (Å²) in [4.78, 5) is 41.1. The van der Waals surface area contributed by atoms with E-state index in [-0.39, 0.29) is 23.4 Å². The highest BCUT2D eigenvalue weighted by Crippen LogP contribution is 2.40. The Morgan fingerprint density at radius 1 is 1.08 bits per heavy atom. The van der Waals surface area contributed by atoms with Gasteiger partial charge in [0.1, 0.15) is 0 Å². The van der Waals surface area contributed by atoms with Crippen LogP contribution in [0.2, 0.25) is 0 Å². The highest BCUT2D eigenvalue weighted by molar-refractivity contribution is 7.96. The molecule has 10 nitrogen and oxygen atoms in total. The van der Waals surface area contributed by atoms with E-state index in [0.717, 1.165) is 29.3 Å². The summed E-state index contributed by atoms with van der Waals surface area (Å²) in [5.41, 5.74) is 2.72. The Bertz CT molecular complexity index is 1240. The second-order valence-electron chi connectivity index (χ2n) is 8.69. The van der Waals surface area contributed by atoms with Gasteiger partial charge in [0.05, 0.1) is 54.4 Å². The van der Waals surface area contributed by atoms with E-state index >= 15 is 0 Å². The predicted molar refractivity (Wildman–Crippen MR) is 144 cm³/mol. The van der Waals surface area contributed by atoms with Gasteiger partial charge >= 0.3 is 11.9 Å². The van der Waals surface area contributed by atoms with Gasteiger partial charge < -0.3 is 19.0 Å². The number of non-ortho nitro benzene ring substituents is 1. The largest absolute Gasteiger partial charge is 0.466 e. The van der Waals surface area contributed by atoms with Crippen molar-refractivity contribution in [1.82, 2.24) is 10.3 Å². The van der Waals surface area contributed by atoms with Crippen LogP contribution in [-0.4, -0.2) is 42.2 Å². The van der Waals surface area contributed by atoms with Gasteiger partial charge in [-0.1, -0.05) is 18.6 Å². The molecule has 2 heterocycles. The quantitative estimate of drug-likeness (QED) is 0.108. The first-order valence-electron chi connectivity index (χ1n) is 12.1. The number of aryl methyl sites for hydroxylation is 1. The molecule has 12 heteroatoms. The van der Waals surface area contributed by atoms with Crippen LogP contribution in [0, 0.1) is 17.0 Å². The number of nitro benzene ring substituents is 1. The maximum Gasteiger partial charge on any atom is 0.336 e. The summed E-state index contributed by atoms with van der Waals surface area (Å²) in [7, 11) is 1.25. The fourth-order valence-electron chi connectivity index (χ4n) is 4.12. The number of nitro groups is 1. The third-order valence-corrected chi connectivity index (χ3v) is 7.65. The van der Waals surface area contributed by atoms with E-state index in [1.165, 1.54) is 37.4 Å². The topological polar surface area (TPSA) is 130 Å². The molecule has 0 aliphatic carbocycles. The average molecular weight is 562 g/mol. The van der Waals surface area contributed by atoms with E-state index in [4.69, 9.17) is 13.7 Å². The minimum absolute atomic E-state index is 0.141. The Morgan fingerprint density at radius 3 is 2.39 bits per heavy atom. The second-order valence-corrected chi connectivity index (χ2v) is 10.6. The van der Waals surface area contributed by atoms with Crippen LogP contribution in [0.25, 0.3) is 0 Å². The van der Waals surface area contributed by atoms with Gasteiger partial charge in [-0.05, 0) is 45.6 Å². The predicted octanol–water partition coefficient (Wildman–Crippen LogP) is 5.60. The maximum atomic E-state index is 13.2. The van der Waals surface area contributed by atoms with E-state index in [1.807, 2.05) is 12.3 Å². The minimum Gasteiger partial charge on any atom is -0.466 e. The number of aromatic nitrogens is 1. The van der Waals surface area contributed by atoms with Crippen LogP contribution in [0.5, 0.6) is 0 Å². The second kappa shape index (κ2) is 14.1. The Labute approximate surface area is 229 Å². The zero-order valence-corrected chi connectivity index (χ0v) is 23.4. The van der Waals surface area contributed by atoms with Crippen molar-refractivity contribution in [1.29, 1.82) is 0 Å². The van der Waals surface area contributed by atoms with Crippen molar-refractivity contribution >= 4 is 41.0 Å². The summed E-state index contributed by atoms with van der Waals surface area (Å²) < 4.78 is 17.0. The Hall–Kier alpha value is -3.22. The molecule has 3 rings (SSSR count). The molecule has 2 aromatic rings. The number of allylic oxidation sites excluding steroid dienone is 2. The molecular formula is C26H31N3O7S2. The van der Waals surface area contributed by atoms with Crippen molar-refractivity contribution in [3.63, 3.8) is 0 Å². The molecule has 1 aromatic heterocycles. The fraction of sp³-hybridized carbons (Fsp3) is 0.423. The number of hydrogen-bond donors (Lipinski definition) is 1. The van der Waals surface area contributed by atoms with Crippen LogP contribution in [0.3, 0.4) is 0 Å². The Morgan fingerprint density at radius 2 is 1.76 bits per heavy atom. The number of nitrogens with one attached hydrogen (secondary N) is 1. The molecule has 0 saturated heterocycles. The molecule has 0 bridgehead atoms. The first kappa shape index (κ1) is 29.3. The number of unbranched alkanes of at least 4 members (excludes halogenated alkanes) is 3. The summed E-state index contributed by atoms with van der Waals surface area (Å²) >= 11 is 2.84. The zero-order chi connectivity index (χ0) is 27.7. The third kappa shape index (κ3) is 7.65. The molecule has 1 atom stereocenters. The number of carbonyl (C=O) groups is 2. The van der Waals surface area contributed by atoms with Crippen molar-refractivity contribution < 1.29 is 28.2 Å². The van der Waals surface area contributed by atoms with Gasteiger partial charge in [-0.25, -0.2) is 14.6 Å². The number of dihydropyridines is 1. The molecule has 1 aliphatic rings. The number of nitrogens with zero attached hydrogens (tertiary/aromatic N) is 2. The lowest BCUT2D eigenvalue weighted by atomic mass is 9.80. The number of rotatable bonds is 13. The number of benzene rings is 1. The zero-order valence-electron chi connectivity index (χ0n) is 21.8. The highest BCUT2D eigenvalue weighted by Gasteiger charge is 2.38. The molecule has 0 amide bonds. The van der Waals surface area contributed by atoms with Gasteiger partial charge in [0.15, 0.2) is 4.34 Å². The molecule has 1 N–H and O–H groups in total. The average Bonchev–Trinajstić information content (AvgIpc) is 3.31. The lowest BCUT2D eigenvalue weighted by molar-refractivity contribution is -0.384. The van der Waals surface area contributed by atoms with Gasteiger partial charge in [0, 0.05) is 34.6 Å². The standard InChI is InChI=1S/C26H31N3O7S2/c1-16-15-37-26(27-16)38-36-13-8-6-5-7-12-35-25(31)22-18(3)28-17(2)21(24(30)34-4)23(22)19-10-9-11-20(14-19)29(32)33/h9-11,14-15,23,28H,5-8,12-13H2,1-4H3. The van der Waals surface area contributed by atoms with E-state index in [9.17, 15) is 19.7 Å². The SMILES string of the molecule is COC(=O)C1=C(C)NC(C)=C(C(=O)OCCCCCCOSc2nc(C)cs2)C1c1cccc([N+](=O)[O-])c1. The molecule has 1 aromatic carbocycles. The van der Waals surface area contributed by atoms with Gasteiger partial charge in [-0.2, -0.15) is 0 Å². The summed E-state index contributed by atoms with van der Waals surface area (Å²) in [6.45, 7) is 6.17. The molecule has 38 heavy (non-hydrogen) atoms. The first-order chi connectivity index (χ1) is 18.2. The summed E-state index contributed by atoms with van der Waals surface area (Å²) in [5.74, 6) is -2.08. The first-order valence-corrected chi connectivity index (χ1v) is 13.7. The number of methoxy groups -OCH3 is 1. The van der Waals surface area contributed by atoms with Crippen LogP contribution in [-0.2, 0) is 23.2 Å². The van der Waals surface area contributed by atoms with Crippen molar-refractivity contribution in [2.45, 2.75) is 56.7 Å². The summed E-state index contributed by atoms with van der Waals surface area (Å²) in [6.07, 6.45) is 3.32. The van der Waals surface area contributed by atoms with Gasteiger partial charge in [0.25, 0.3) is 5.69 Å². The lowest BCUT2D eigenvalue weighted by Gasteiger charge is -2.30. The molecule has 0 radical (unpaired) electrons. The van der Waals surface area contributed by atoms with Crippen LogP contribution in [0.1, 0.15) is 56.7 Å². The summed E-state index contributed by atoms with van der Waals surface area (Å²) in [6, 6.07) is 5.90. The highest BCUT2D eigenvalue weighted by atomic mass is 32.2. The third-order valence-electron chi connectivity index (χ3n) is 5.88. The van der Waals surface area contributed by atoms with E-state index in [2.05, 4.69) is 10.3 Å². The van der Waals surface area contributed by atoms with Crippen molar-refractivity contribution in [2.24, 2.45) is 0 Å². The molecule has 0 spiro atoms. The van der Waals surface area contributed by atoms with Gasteiger partial charge in [-0.15, -0.1) is 11.3 Å². The van der Waals surface area contributed by atoms with E-state index in [0.29, 0.717) is 30.0 Å². The molecular weight excluding hydrogens is 530 g/mol. The van der Waals surface area contributed by atoms with Crippen LogP contribution >= 0.6 is 23.4 Å². The summed E-state index contributed by atoms with van der Waals surface area (Å²) in [5, 5.41) is 16.4. The van der Waals surface area contributed by atoms with Crippen LogP contribution < -0.4 is 5.32 Å². The fourth-order valence-corrected chi connectivity index (χ4v) is 5.57. The molecule has 0 saturated carbocycles.